The zero-order valence-corrected chi connectivity index (χ0v) is 7.42. The van der Waals surface area contributed by atoms with Crippen LogP contribution in [0.3, 0.4) is 0 Å². The van der Waals surface area contributed by atoms with Crippen LogP contribution in [0.5, 0.6) is 5.75 Å². The van der Waals surface area contributed by atoms with E-state index in [0.717, 1.165) is 6.07 Å². The largest absolute Gasteiger partial charge is 0.506 e. The fourth-order valence-electron chi connectivity index (χ4n) is 1.29. The molecular weight excluding hydrogens is 207 g/mol. The summed E-state index contributed by atoms with van der Waals surface area (Å²) in [5.74, 6) is -0.251. The van der Waals surface area contributed by atoms with Gasteiger partial charge in [0.15, 0.2) is 0 Å². The highest BCUT2D eigenvalue weighted by molar-refractivity contribution is 5.84. The summed E-state index contributed by atoms with van der Waals surface area (Å²) in [7, 11) is 0. The lowest BCUT2D eigenvalue weighted by atomic mass is 10.2. The van der Waals surface area contributed by atoms with E-state index in [1.807, 2.05) is 0 Å². The summed E-state index contributed by atoms with van der Waals surface area (Å²) in [5.41, 5.74) is -1.04. The lowest BCUT2D eigenvalue weighted by Gasteiger charge is -2.07. The van der Waals surface area contributed by atoms with Gasteiger partial charge in [-0.05, 0) is 12.1 Å². The van der Waals surface area contributed by atoms with Gasteiger partial charge in [-0.3, -0.25) is 0 Å². The van der Waals surface area contributed by atoms with Crippen LogP contribution in [0.1, 0.15) is 5.69 Å². The first-order valence-corrected chi connectivity index (χ1v) is 4.14. The third-order valence-corrected chi connectivity index (χ3v) is 1.99. The van der Waals surface area contributed by atoms with Crippen molar-refractivity contribution in [3.05, 3.63) is 36.0 Å². The number of phenols is 1. The Labute approximate surface area is 83.0 Å². The molecule has 2 nitrogen and oxygen atoms in total. The summed E-state index contributed by atoms with van der Waals surface area (Å²) in [5, 5.41) is 9.81. The Hall–Kier alpha value is -1.78. The van der Waals surface area contributed by atoms with Crippen molar-refractivity contribution in [3.8, 4) is 5.75 Å². The molecule has 0 aliphatic carbocycles. The average molecular weight is 213 g/mol. The second-order valence-corrected chi connectivity index (χ2v) is 3.04. The van der Waals surface area contributed by atoms with E-state index in [9.17, 15) is 18.3 Å². The molecule has 0 bridgehead atoms. The predicted octanol–water partition coefficient (Wildman–Crippen LogP) is 2.96. The number of halogens is 3. The number of hydrogen-bond acceptors (Lipinski definition) is 2. The van der Waals surface area contributed by atoms with Gasteiger partial charge < -0.3 is 5.11 Å². The van der Waals surface area contributed by atoms with E-state index in [2.05, 4.69) is 4.98 Å². The van der Waals surface area contributed by atoms with Crippen LogP contribution in [0.4, 0.5) is 13.2 Å². The first kappa shape index (κ1) is 9.76. The third-order valence-electron chi connectivity index (χ3n) is 1.99. The number of aromatic hydroxyl groups is 1. The van der Waals surface area contributed by atoms with E-state index in [4.69, 9.17) is 0 Å². The van der Waals surface area contributed by atoms with Crippen molar-refractivity contribution in [2.45, 2.75) is 6.18 Å². The zero-order chi connectivity index (χ0) is 11.1. The highest BCUT2D eigenvalue weighted by Crippen LogP contribution is 2.31. The average Bonchev–Trinajstić information content (AvgIpc) is 2.16. The van der Waals surface area contributed by atoms with E-state index in [0.29, 0.717) is 5.39 Å². The Balaban J connectivity index is 2.70. The normalized spacial score (nSPS) is 11.9. The van der Waals surface area contributed by atoms with Crippen molar-refractivity contribution >= 4 is 10.9 Å². The molecule has 1 heterocycles. The maximum Gasteiger partial charge on any atom is 0.433 e. The van der Waals surface area contributed by atoms with Crippen LogP contribution >= 0.6 is 0 Å². The molecule has 0 spiro atoms. The van der Waals surface area contributed by atoms with Crippen LogP contribution in [0.15, 0.2) is 30.3 Å². The summed E-state index contributed by atoms with van der Waals surface area (Å²) < 4.78 is 36.9. The first-order chi connectivity index (χ1) is 6.98. The van der Waals surface area contributed by atoms with Crippen molar-refractivity contribution in [2.24, 2.45) is 0 Å². The van der Waals surface area contributed by atoms with E-state index < -0.39 is 11.9 Å². The van der Waals surface area contributed by atoms with Gasteiger partial charge in [-0.1, -0.05) is 18.2 Å². The number of hydrogen-bond donors (Lipinski definition) is 1. The minimum absolute atomic E-state index is 0.0349. The van der Waals surface area contributed by atoms with Gasteiger partial charge in [-0.15, -0.1) is 0 Å². The number of pyridine rings is 1. The SMILES string of the molecule is Oc1cccc2ccc(C(F)(F)F)nc12. The van der Waals surface area contributed by atoms with Gasteiger partial charge in [0.05, 0.1) is 0 Å². The molecule has 0 fully saturated rings. The van der Waals surface area contributed by atoms with Crippen LogP contribution < -0.4 is 0 Å². The molecule has 5 heteroatoms. The lowest BCUT2D eigenvalue weighted by molar-refractivity contribution is -0.140. The van der Waals surface area contributed by atoms with Crippen LogP contribution in [0, 0.1) is 0 Å². The van der Waals surface area contributed by atoms with E-state index in [1.54, 1.807) is 12.1 Å². The minimum Gasteiger partial charge on any atom is -0.506 e. The molecule has 0 unspecified atom stereocenters. The lowest BCUT2D eigenvalue weighted by Crippen LogP contribution is -2.07. The van der Waals surface area contributed by atoms with Gasteiger partial charge >= 0.3 is 6.18 Å². The van der Waals surface area contributed by atoms with Gasteiger partial charge in [-0.2, -0.15) is 13.2 Å². The molecule has 1 aromatic carbocycles. The van der Waals surface area contributed by atoms with E-state index in [1.165, 1.54) is 12.1 Å². The second-order valence-electron chi connectivity index (χ2n) is 3.04. The van der Waals surface area contributed by atoms with Crippen molar-refractivity contribution in [3.63, 3.8) is 0 Å². The predicted molar refractivity (Wildman–Crippen MR) is 48.4 cm³/mol. The molecule has 0 amide bonds. The fraction of sp³-hybridized carbons (Fsp3) is 0.100. The van der Waals surface area contributed by atoms with Crippen LogP contribution in [-0.4, -0.2) is 10.1 Å². The second kappa shape index (κ2) is 3.12. The topological polar surface area (TPSA) is 33.1 Å². The summed E-state index contributed by atoms with van der Waals surface area (Å²) in [4.78, 5) is 3.37. The summed E-state index contributed by atoms with van der Waals surface area (Å²) in [6, 6.07) is 6.61. The molecular formula is C10H6F3NO. The van der Waals surface area contributed by atoms with E-state index in [-0.39, 0.29) is 11.3 Å². The minimum atomic E-state index is -4.49. The third kappa shape index (κ3) is 1.72. The highest BCUT2D eigenvalue weighted by Gasteiger charge is 2.32. The Morgan fingerprint density at radius 3 is 2.47 bits per heavy atom. The quantitative estimate of drug-likeness (QED) is 0.729. The van der Waals surface area contributed by atoms with Gasteiger partial charge in [0.1, 0.15) is 17.0 Å². The highest BCUT2D eigenvalue weighted by atomic mass is 19.4. The van der Waals surface area contributed by atoms with Crippen LogP contribution in [-0.2, 0) is 6.18 Å². The van der Waals surface area contributed by atoms with Crippen molar-refractivity contribution < 1.29 is 18.3 Å². The number of aromatic nitrogens is 1. The Bertz CT molecular complexity index is 507. The number of phenolic OH excluding ortho intramolecular Hbond substituents is 1. The summed E-state index contributed by atoms with van der Waals surface area (Å²) >= 11 is 0. The molecule has 15 heavy (non-hydrogen) atoms. The van der Waals surface area contributed by atoms with Crippen LogP contribution in [0.2, 0.25) is 0 Å². The van der Waals surface area contributed by atoms with Gasteiger partial charge in [0.2, 0.25) is 0 Å². The molecule has 1 aromatic heterocycles. The molecule has 0 saturated heterocycles. The number of rotatable bonds is 0. The molecule has 0 aliphatic heterocycles. The molecule has 78 valence electrons. The fourth-order valence-corrected chi connectivity index (χ4v) is 1.29. The van der Waals surface area contributed by atoms with Crippen molar-refractivity contribution in [2.75, 3.05) is 0 Å². The van der Waals surface area contributed by atoms with Crippen molar-refractivity contribution in [1.82, 2.24) is 4.98 Å². The Morgan fingerprint density at radius 2 is 1.80 bits per heavy atom. The smallest absolute Gasteiger partial charge is 0.433 e. The number of benzene rings is 1. The monoisotopic (exact) mass is 213 g/mol. The van der Waals surface area contributed by atoms with Gasteiger partial charge in [-0.25, -0.2) is 4.98 Å². The number of para-hydroxylation sites is 1. The molecule has 0 aliphatic rings. The van der Waals surface area contributed by atoms with E-state index >= 15 is 0 Å². The molecule has 2 rings (SSSR count). The van der Waals surface area contributed by atoms with Gasteiger partial charge in [0.25, 0.3) is 0 Å². The standard InChI is InChI=1S/C10H6F3NO/c11-10(12,13)8-5-4-6-2-1-3-7(15)9(6)14-8/h1-5,15H. The molecule has 1 N–H and O–H groups in total. The molecule has 0 radical (unpaired) electrons. The zero-order valence-electron chi connectivity index (χ0n) is 7.42. The van der Waals surface area contributed by atoms with Crippen LogP contribution in [0.25, 0.3) is 10.9 Å². The molecule has 2 aromatic rings. The first-order valence-electron chi connectivity index (χ1n) is 4.14. The summed E-state index contributed by atoms with van der Waals surface area (Å²) in [6.45, 7) is 0. The maximum absolute atomic E-state index is 12.3. The maximum atomic E-state index is 12.3. The van der Waals surface area contributed by atoms with Crippen molar-refractivity contribution in [1.29, 1.82) is 0 Å². The number of alkyl halides is 3. The van der Waals surface area contributed by atoms with Gasteiger partial charge in [0, 0.05) is 5.39 Å². The Morgan fingerprint density at radius 1 is 1.07 bits per heavy atom. The Kier molecular flexibility index (Phi) is 2.03. The number of nitrogens with zero attached hydrogens (tertiary/aromatic N) is 1. The molecule has 0 saturated carbocycles. The molecule has 0 atom stereocenters. The summed E-state index contributed by atoms with van der Waals surface area (Å²) in [6.07, 6.45) is -4.49. The number of fused-ring (bicyclic) bond motifs is 1.